The Morgan fingerprint density at radius 3 is 2.41 bits per heavy atom. The zero-order valence-electron chi connectivity index (χ0n) is 15.9. The van der Waals surface area contributed by atoms with Crippen LogP contribution in [0.5, 0.6) is 0 Å². The first-order valence-corrected chi connectivity index (χ1v) is 9.73. The van der Waals surface area contributed by atoms with Crippen molar-refractivity contribution < 1.29 is 4.79 Å². The minimum Gasteiger partial charge on any atom is -0.361 e. The topological polar surface area (TPSA) is 49.8 Å². The summed E-state index contributed by atoms with van der Waals surface area (Å²) in [7, 11) is 2.04. The van der Waals surface area contributed by atoms with Crippen LogP contribution in [0.4, 0.5) is 5.69 Å². The largest absolute Gasteiger partial charge is 0.361 e. The van der Waals surface area contributed by atoms with Gasteiger partial charge in [-0.15, -0.1) is 0 Å². The van der Waals surface area contributed by atoms with Gasteiger partial charge in [0.25, 0.3) is 0 Å². The number of rotatable bonds is 2. The molecule has 0 saturated heterocycles. The highest BCUT2D eigenvalue weighted by molar-refractivity contribution is 6.15. The molecule has 1 aliphatic heterocycles. The summed E-state index contributed by atoms with van der Waals surface area (Å²) in [5.41, 5.74) is 5.06. The highest BCUT2D eigenvalue weighted by atomic mass is 16.2. The van der Waals surface area contributed by atoms with Gasteiger partial charge in [-0.05, 0) is 18.2 Å². The SMILES string of the molecule is Cn1cc(C2(c3c[nH]c4ccccc34)C(=O)Nc3ccccc32)c2ccccc21. The van der Waals surface area contributed by atoms with E-state index < -0.39 is 5.41 Å². The van der Waals surface area contributed by atoms with Crippen LogP contribution in [0.2, 0.25) is 0 Å². The molecule has 0 bridgehead atoms. The molecule has 0 radical (unpaired) electrons. The number of hydrogen-bond donors (Lipinski definition) is 2. The molecule has 0 fully saturated rings. The van der Waals surface area contributed by atoms with E-state index in [0.717, 1.165) is 44.2 Å². The number of aromatic amines is 1. The lowest BCUT2D eigenvalue weighted by atomic mass is 9.70. The number of aromatic nitrogens is 2. The van der Waals surface area contributed by atoms with Crippen molar-refractivity contribution in [3.63, 3.8) is 0 Å². The van der Waals surface area contributed by atoms with E-state index in [-0.39, 0.29) is 5.91 Å². The Labute approximate surface area is 167 Å². The number of para-hydroxylation sites is 3. The third-order valence-electron chi connectivity index (χ3n) is 6.21. The van der Waals surface area contributed by atoms with Crippen LogP contribution in [-0.4, -0.2) is 15.5 Å². The molecular formula is C25H19N3O. The Bertz CT molecular complexity index is 1420. The highest BCUT2D eigenvalue weighted by Crippen LogP contribution is 2.51. The molecule has 2 aromatic heterocycles. The summed E-state index contributed by atoms with van der Waals surface area (Å²) >= 11 is 0. The van der Waals surface area contributed by atoms with E-state index in [1.54, 1.807) is 0 Å². The van der Waals surface area contributed by atoms with Crippen LogP contribution in [0.1, 0.15) is 16.7 Å². The Kier molecular flexibility index (Phi) is 3.13. The number of nitrogens with one attached hydrogen (secondary N) is 2. The van der Waals surface area contributed by atoms with Crippen molar-refractivity contribution >= 4 is 33.4 Å². The van der Waals surface area contributed by atoms with Crippen LogP contribution < -0.4 is 5.32 Å². The number of carbonyl (C=O) groups is 1. The zero-order chi connectivity index (χ0) is 19.6. The number of amides is 1. The van der Waals surface area contributed by atoms with E-state index in [1.807, 2.05) is 61.8 Å². The van der Waals surface area contributed by atoms with Crippen LogP contribution in [0.15, 0.2) is 85.2 Å². The average Bonchev–Trinajstić information content (AvgIpc) is 3.41. The van der Waals surface area contributed by atoms with Gasteiger partial charge < -0.3 is 14.9 Å². The number of anilines is 1. The molecule has 1 atom stereocenters. The molecular weight excluding hydrogens is 358 g/mol. The molecule has 29 heavy (non-hydrogen) atoms. The Morgan fingerprint density at radius 2 is 1.52 bits per heavy atom. The summed E-state index contributed by atoms with van der Waals surface area (Å²) in [5.74, 6) is -0.0141. The normalized spacial score (nSPS) is 18.3. The van der Waals surface area contributed by atoms with Crippen LogP contribution in [0, 0.1) is 0 Å². The van der Waals surface area contributed by atoms with E-state index in [2.05, 4.69) is 45.3 Å². The monoisotopic (exact) mass is 377 g/mol. The van der Waals surface area contributed by atoms with Crippen LogP contribution in [0.25, 0.3) is 21.8 Å². The number of fused-ring (bicyclic) bond motifs is 3. The summed E-state index contributed by atoms with van der Waals surface area (Å²) < 4.78 is 2.11. The zero-order valence-corrected chi connectivity index (χ0v) is 15.9. The number of aryl methyl sites for hydroxylation is 1. The number of nitrogens with zero attached hydrogens (tertiary/aromatic N) is 1. The predicted molar refractivity (Wildman–Crippen MR) is 116 cm³/mol. The molecule has 2 N–H and O–H groups in total. The first kappa shape index (κ1) is 16.2. The lowest BCUT2D eigenvalue weighted by Crippen LogP contribution is -2.36. The van der Waals surface area contributed by atoms with E-state index in [4.69, 9.17) is 0 Å². The van der Waals surface area contributed by atoms with Crippen molar-refractivity contribution in [2.45, 2.75) is 5.41 Å². The van der Waals surface area contributed by atoms with E-state index in [1.165, 1.54) is 0 Å². The molecule has 0 spiro atoms. The highest BCUT2D eigenvalue weighted by Gasteiger charge is 2.52. The van der Waals surface area contributed by atoms with Gasteiger partial charge in [0.1, 0.15) is 5.41 Å². The van der Waals surface area contributed by atoms with Gasteiger partial charge in [0.2, 0.25) is 5.91 Å². The molecule has 1 amide bonds. The molecule has 4 nitrogen and oxygen atoms in total. The molecule has 0 saturated carbocycles. The van der Waals surface area contributed by atoms with Gasteiger partial charge in [-0.2, -0.15) is 0 Å². The van der Waals surface area contributed by atoms with Crippen molar-refractivity contribution in [3.8, 4) is 0 Å². The van der Waals surface area contributed by atoms with E-state index >= 15 is 0 Å². The minimum atomic E-state index is -0.920. The fourth-order valence-corrected chi connectivity index (χ4v) is 4.96. The first-order chi connectivity index (χ1) is 14.2. The van der Waals surface area contributed by atoms with Crippen molar-refractivity contribution in [3.05, 3.63) is 102 Å². The molecule has 6 rings (SSSR count). The van der Waals surface area contributed by atoms with Gasteiger partial charge in [-0.25, -0.2) is 0 Å². The molecule has 1 unspecified atom stereocenters. The smallest absolute Gasteiger partial charge is 0.244 e. The lowest BCUT2D eigenvalue weighted by Gasteiger charge is -2.27. The van der Waals surface area contributed by atoms with Crippen LogP contribution in [0.3, 0.4) is 0 Å². The summed E-state index contributed by atoms with van der Waals surface area (Å²) in [6.45, 7) is 0. The number of hydrogen-bond acceptors (Lipinski definition) is 1. The third kappa shape index (κ3) is 1.95. The second kappa shape index (κ2) is 5.61. The van der Waals surface area contributed by atoms with Crippen LogP contribution >= 0.6 is 0 Å². The Balaban J connectivity index is 1.82. The van der Waals surface area contributed by atoms with E-state index in [0.29, 0.717) is 0 Å². The lowest BCUT2D eigenvalue weighted by molar-refractivity contribution is -0.118. The quantitative estimate of drug-likeness (QED) is 0.449. The van der Waals surface area contributed by atoms with Gasteiger partial charge in [0.15, 0.2) is 0 Å². The maximum atomic E-state index is 13.8. The van der Waals surface area contributed by atoms with Crippen molar-refractivity contribution in [2.24, 2.45) is 7.05 Å². The van der Waals surface area contributed by atoms with Crippen molar-refractivity contribution in [2.75, 3.05) is 5.32 Å². The van der Waals surface area contributed by atoms with Crippen LogP contribution in [-0.2, 0) is 17.3 Å². The summed E-state index contributed by atoms with van der Waals surface area (Å²) in [5, 5.41) is 5.30. The number of H-pyrrole nitrogens is 1. The molecule has 1 aliphatic rings. The van der Waals surface area contributed by atoms with Crippen molar-refractivity contribution in [1.82, 2.24) is 9.55 Å². The molecule has 5 aromatic rings. The second-order valence-electron chi connectivity index (χ2n) is 7.67. The summed E-state index contributed by atoms with van der Waals surface area (Å²) in [6.07, 6.45) is 4.10. The summed E-state index contributed by atoms with van der Waals surface area (Å²) in [6, 6.07) is 24.5. The maximum absolute atomic E-state index is 13.8. The van der Waals surface area contributed by atoms with Gasteiger partial charge in [-0.1, -0.05) is 54.6 Å². The molecule has 3 heterocycles. The van der Waals surface area contributed by atoms with Gasteiger partial charge in [0, 0.05) is 63.6 Å². The third-order valence-corrected chi connectivity index (χ3v) is 6.21. The standard InChI is InChI=1S/C25H19N3O/c1-28-15-20(17-9-3-7-13-23(17)28)25(18-10-4-6-12-22(18)27-24(25)29)19-14-26-21-11-5-2-8-16(19)21/h2-15,26H,1H3,(H,27,29). The van der Waals surface area contributed by atoms with Gasteiger partial charge in [-0.3, -0.25) is 4.79 Å². The van der Waals surface area contributed by atoms with Gasteiger partial charge >= 0.3 is 0 Å². The number of benzene rings is 3. The minimum absolute atomic E-state index is 0.0141. The fraction of sp³-hybridized carbons (Fsp3) is 0.0800. The van der Waals surface area contributed by atoms with Crippen molar-refractivity contribution in [1.29, 1.82) is 0 Å². The first-order valence-electron chi connectivity index (χ1n) is 9.73. The molecule has 3 aromatic carbocycles. The van der Waals surface area contributed by atoms with Gasteiger partial charge in [0.05, 0.1) is 0 Å². The van der Waals surface area contributed by atoms with E-state index in [9.17, 15) is 4.79 Å². The number of carbonyl (C=O) groups excluding carboxylic acids is 1. The average molecular weight is 377 g/mol. The summed E-state index contributed by atoms with van der Waals surface area (Å²) in [4.78, 5) is 17.2. The molecule has 140 valence electrons. The predicted octanol–water partition coefficient (Wildman–Crippen LogP) is 4.95. The Hall–Kier alpha value is -3.79. The molecule has 4 heteroatoms. The second-order valence-corrected chi connectivity index (χ2v) is 7.67. The maximum Gasteiger partial charge on any atom is 0.244 e. The fourth-order valence-electron chi connectivity index (χ4n) is 4.96. The molecule has 0 aliphatic carbocycles. The Morgan fingerprint density at radius 1 is 0.793 bits per heavy atom.